The van der Waals surface area contributed by atoms with Crippen LogP contribution in [0.1, 0.15) is 17.7 Å². The zero-order chi connectivity index (χ0) is 6.10. The first kappa shape index (κ1) is 5.03. The van der Waals surface area contributed by atoms with Gasteiger partial charge in [-0.3, -0.25) is 5.10 Å². The molecule has 0 saturated carbocycles. The monoisotopic (exact) mass is 120 g/mol. The van der Waals surface area contributed by atoms with E-state index in [0.29, 0.717) is 0 Å². The number of nitrogens with zero attached hydrogens (tertiary/aromatic N) is 1. The third-order valence-corrected chi connectivity index (χ3v) is 1.68. The third kappa shape index (κ3) is 0.745. The lowest BCUT2D eigenvalue weighted by Crippen LogP contribution is -2.00. The molecule has 2 heteroatoms. The van der Waals surface area contributed by atoms with E-state index in [1.54, 1.807) is 0 Å². The summed E-state index contributed by atoms with van der Waals surface area (Å²) in [4.78, 5) is 0. The topological polar surface area (TPSA) is 28.7 Å². The van der Waals surface area contributed by atoms with Gasteiger partial charge in [0.15, 0.2) is 0 Å². The fraction of sp³-hybridized carbons (Fsp3) is 0.429. The lowest BCUT2D eigenvalue weighted by atomic mass is 9.99. The molecule has 0 atom stereocenters. The van der Waals surface area contributed by atoms with Gasteiger partial charge in [-0.25, -0.2) is 0 Å². The molecule has 0 unspecified atom stereocenters. The van der Waals surface area contributed by atoms with Crippen LogP contribution in [0, 0.1) is 6.42 Å². The molecule has 9 heavy (non-hydrogen) atoms. The van der Waals surface area contributed by atoms with Gasteiger partial charge in [-0.1, -0.05) is 0 Å². The quantitative estimate of drug-likeness (QED) is 0.543. The molecule has 1 aliphatic carbocycles. The second kappa shape index (κ2) is 1.87. The summed E-state index contributed by atoms with van der Waals surface area (Å²) in [5.41, 5.74) is 2.62. The van der Waals surface area contributed by atoms with Crippen LogP contribution in [0.15, 0.2) is 6.20 Å². The van der Waals surface area contributed by atoms with Gasteiger partial charge < -0.3 is 0 Å². The van der Waals surface area contributed by atoms with Crippen molar-refractivity contribution in [1.82, 2.24) is 10.2 Å². The van der Waals surface area contributed by atoms with Gasteiger partial charge in [0, 0.05) is 5.69 Å². The van der Waals surface area contributed by atoms with Gasteiger partial charge in [0.2, 0.25) is 0 Å². The SMILES string of the molecule is [C]1CCc2cn[nH]c2C1. The average Bonchev–Trinajstić information content (AvgIpc) is 2.33. The van der Waals surface area contributed by atoms with Crippen LogP contribution >= 0.6 is 0 Å². The number of hydrogen-bond donors (Lipinski definition) is 1. The highest BCUT2D eigenvalue weighted by molar-refractivity contribution is 5.21. The number of fused-ring (bicyclic) bond motifs is 1. The van der Waals surface area contributed by atoms with Crippen molar-refractivity contribution >= 4 is 0 Å². The maximum absolute atomic E-state index is 3.94. The molecule has 2 rings (SSSR count). The van der Waals surface area contributed by atoms with Crippen LogP contribution in [-0.2, 0) is 12.8 Å². The Hall–Kier alpha value is -0.790. The minimum absolute atomic E-state index is 0.954. The summed E-state index contributed by atoms with van der Waals surface area (Å²) in [6.45, 7) is 0. The minimum Gasteiger partial charge on any atom is -0.282 e. The summed E-state index contributed by atoms with van der Waals surface area (Å²) in [5.74, 6) is 0. The smallest absolute Gasteiger partial charge is 0.0522 e. The molecule has 0 amide bonds. The normalized spacial score (nSPS) is 17.3. The molecular formula is C7H8N2. The van der Waals surface area contributed by atoms with Gasteiger partial charge in [0.25, 0.3) is 0 Å². The maximum Gasteiger partial charge on any atom is 0.0522 e. The van der Waals surface area contributed by atoms with Gasteiger partial charge in [-0.05, 0) is 31.2 Å². The molecule has 1 N–H and O–H groups in total. The van der Waals surface area contributed by atoms with Crippen LogP contribution in [0.5, 0.6) is 0 Å². The molecule has 0 aromatic carbocycles. The molecule has 1 heterocycles. The van der Waals surface area contributed by atoms with Crippen LogP contribution < -0.4 is 0 Å². The van der Waals surface area contributed by atoms with E-state index >= 15 is 0 Å². The van der Waals surface area contributed by atoms with Gasteiger partial charge in [-0.15, -0.1) is 0 Å². The minimum atomic E-state index is 0.954. The van der Waals surface area contributed by atoms with E-state index in [2.05, 4.69) is 16.6 Å². The molecule has 0 aliphatic heterocycles. The van der Waals surface area contributed by atoms with Crippen molar-refractivity contribution in [2.45, 2.75) is 19.3 Å². The Morgan fingerprint density at radius 3 is 3.56 bits per heavy atom. The van der Waals surface area contributed by atoms with Crippen molar-refractivity contribution in [1.29, 1.82) is 0 Å². The Morgan fingerprint density at radius 1 is 1.67 bits per heavy atom. The van der Waals surface area contributed by atoms with Crippen LogP contribution in [0.25, 0.3) is 0 Å². The Labute approximate surface area is 54.3 Å². The Bertz CT molecular complexity index is 182. The number of hydrogen-bond acceptors (Lipinski definition) is 1. The second-order valence-electron chi connectivity index (χ2n) is 2.30. The first-order valence-electron chi connectivity index (χ1n) is 3.18. The zero-order valence-electron chi connectivity index (χ0n) is 5.15. The number of aromatic amines is 1. The maximum atomic E-state index is 3.94. The fourth-order valence-electron chi connectivity index (χ4n) is 1.14. The lowest BCUT2D eigenvalue weighted by molar-refractivity contribution is 0.813. The highest BCUT2D eigenvalue weighted by Gasteiger charge is 2.09. The molecular weight excluding hydrogens is 112 g/mol. The Balaban J connectivity index is 2.39. The number of rotatable bonds is 0. The molecule has 2 nitrogen and oxygen atoms in total. The number of H-pyrrole nitrogens is 1. The lowest BCUT2D eigenvalue weighted by Gasteiger charge is -2.06. The first-order valence-corrected chi connectivity index (χ1v) is 3.18. The van der Waals surface area contributed by atoms with E-state index < -0.39 is 0 Å². The molecule has 46 valence electrons. The number of nitrogens with one attached hydrogen (secondary N) is 1. The summed E-state index contributed by atoms with van der Waals surface area (Å²) in [6, 6.07) is 0. The predicted octanol–water partition coefficient (Wildman–Crippen LogP) is 0.980. The molecule has 2 radical (unpaired) electrons. The molecule has 0 bridgehead atoms. The Kier molecular flexibility index (Phi) is 1.04. The predicted molar refractivity (Wildman–Crippen MR) is 33.9 cm³/mol. The van der Waals surface area contributed by atoms with Crippen LogP contribution in [0.2, 0.25) is 0 Å². The molecule has 0 spiro atoms. The first-order chi connectivity index (χ1) is 4.47. The fourth-order valence-corrected chi connectivity index (χ4v) is 1.14. The van der Waals surface area contributed by atoms with Gasteiger partial charge in [-0.2, -0.15) is 5.10 Å². The Morgan fingerprint density at radius 2 is 2.67 bits per heavy atom. The van der Waals surface area contributed by atoms with E-state index in [4.69, 9.17) is 0 Å². The summed E-state index contributed by atoms with van der Waals surface area (Å²) >= 11 is 0. The highest BCUT2D eigenvalue weighted by atomic mass is 15.1. The summed E-state index contributed by atoms with van der Waals surface area (Å²) in [6.07, 6.45) is 8.33. The van der Waals surface area contributed by atoms with Crippen LogP contribution in [0.3, 0.4) is 0 Å². The second-order valence-corrected chi connectivity index (χ2v) is 2.30. The summed E-state index contributed by atoms with van der Waals surface area (Å²) in [7, 11) is 0. The third-order valence-electron chi connectivity index (χ3n) is 1.68. The van der Waals surface area contributed by atoms with Gasteiger partial charge in [0.05, 0.1) is 6.20 Å². The van der Waals surface area contributed by atoms with Crippen LogP contribution in [-0.4, -0.2) is 10.2 Å². The van der Waals surface area contributed by atoms with Crippen molar-refractivity contribution in [3.63, 3.8) is 0 Å². The summed E-state index contributed by atoms with van der Waals surface area (Å²) in [5, 5.41) is 6.88. The van der Waals surface area contributed by atoms with Crippen molar-refractivity contribution < 1.29 is 0 Å². The highest BCUT2D eigenvalue weighted by Crippen LogP contribution is 2.16. The molecule has 0 fully saturated rings. The van der Waals surface area contributed by atoms with E-state index in [1.807, 2.05) is 6.20 Å². The van der Waals surface area contributed by atoms with E-state index in [9.17, 15) is 0 Å². The number of aromatic nitrogens is 2. The molecule has 1 aromatic heterocycles. The van der Waals surface area contributed by atoms with E-state index in [1.165, 1.54) is 11.3 Å². The van der Waals surface area contributed by atoms with Crippen LogP contribution in [0.4, 0.5) is 0 Å². The molecule has 0 saturated heterocycles. The summed E-state index contributed by atoms with van der Waals surface area (Å²) < 4.78 is 0. The number of aryl methyl sites for hydroxylation is 1. The molecule has 1 aromatic rings. The molecule has 1 aliphatic rings. The van der Waals surface area contributed by atoms with Crippen molar-refractivity contribution in [3.8, 4) is 0 Å². The van der Waals surface area contributed by atoms with Gasteiger partial charge in [0.1, 0.15) is 0 Å². The van der Waals surface area contributed by atoms with Gasteiger partial charge >= 0.3 is 0 Å². The van der Waals surface area contributed by atoms with Crippen molar-refractivity contribution in [2.75, 3.05) is 0 Å². The zero-order valence-corrected chi connectivity index (χ0v) is 5.15. The van der Waals surface area contributed by atoms with Crippen molar-refractivity contribution in [3.05, 3.63) is 23.9 Å². The van der Waals surface area contributed by atoms with E-state index in [0.717, 1.165) is 19.3 Å². The van der Waals surface area contributed by atoms with E-state index in [-0.39, 0.29) is 0 Å². The standard InChI is InChI=1S/C7H8N2/c1-2-4-7-6(3-1)5-8-9-7/h5H,1,3-4H2,(H,8,9). The average molecular weight is 120 g/mol. The van der Waals surface area contributed by atoms with Crippen molar-refractivity contribution in [2.24, 2.45) is 0 Å². The largest absolute Gasteiger partial charge is 0.282 e.